The van der Waals surface area contributed by atoms with Gasteiger partial charge in [-0.1, -0.05) is 13.3 Å². The standard InChI is InChI=1S/C9H22N2/c1-5-8(6-10)7-11-9(2,3)4/h8,11H,5-7,10H2,1-4H3. The van der Waals surface area contributed by atoms with E-state index in [0.717, 1.165) is 13.1 Å². The molecule has 0 bridgehead atoms. The quantitative estimate of drug-likeness (QED) is 0.648. The minimum atomic E-state index is 0.225. The van der Waals surface area contributed by atoms with Crippen LogP contribution in [0.1, 0.15) is 34.1 Å². The lowest BCUT2D eigenvalue weighted by atomic mass is 10.0. The van der Waals surface area contributed by atoms with Gasteiger partial charge in [-0.3, -0.25) is 0 Å². The van der Waals surface area contributed by atoms with E-state index in [9.17, 15) is 0 Å². The van der Waals surface area contributed by atoms with Crippen LogP contribution in [0.3, 0.4) is 0 Å². The van der Waals surface area contributed by atoms with Gasteiger partial charge in [0, 0.05) is 5.54 Å². The molecule has 0 fully saturated rings. The predicted octanol–water partition coefficient (Wildman–Crippen LogP) is 1.36. The van der Waals surface area contributed by atoms with Crippen molar-refractivity contribution in [2.24, 2.45) is 11.7 Å². The van der Waals surface area contributed by atoms with Crippen LogP contribution >= 0.6 is 0 Å². The third-order valence-electron chi connectivity index (χ3n) is 1.83. The zero-order valence-corrected chi connectivity index (χ0v) is 8.28. The average molecular weight is 158 g/mol. The second-order valence-corrected chi connectivity index (χ2v) is 4.14. The van der Waals surface area contributed by atoms with Crippen LogP contribution in [0.2, 0.25) is 0 Å². The Morgan fingerprint density at radius 2 is 1.91 bits per heavy atom. The molecule has 0 aromatic carbocycles. The number of hydrogen-bond acceptors (Lipinski definition) is 2. The first-order valence-electron chi connectivity index (χ1n) is 4.44. The molecule has 11 heavy (non-hydrogen) atoms. The van der Waals surface area contributed by atoms with Gasteiger partial charge in [0.25, 0.3) is 0 Å². The number of hydrogen-bond donors (Lipinski definition) is 2. The van der Waals surface area contributed by atoms with Gasteiger partial charge >= 0.3 is 0 Å². The molecule has 0 spiro atoms. The summed E-state index contributed by atoms with van der Waals surface area (Å²) >= 11 is 0. The Bertz CT molecular complexity index is 90.2. The lowest BCUT2D eigenvalue weighted by Gasteiger charge is -2.23. The normalized spacial score (nSPS) is 15.0. The first kappa shape index (κ1) is 10.9. The number of nitrogens with one attached hydrogen (secondary N) is 1. The van der Waals surface area contributed by atoms with Crippen molar-refractivity contribution in [3.05, 3.63) is 0 Å². The van der Waals surface area contributed by atoms with Crippen molar-refractivity contribution in [3.8, 4) is 0 Å². The van der Waals surface area contributed by atoms with E-state index >= 15 is 0 Å². The van der Waals surface area contributed by atoms with Gasteiger partial charge < -0.3 is 11.1 Å². The lowest BCUT2D eigenvalue weighted by Crippen LogP contribution is -2.40. The highest BCUT2D eigenvalue weighted by atomic mass is 14.9. The Kier molecular flexibility index (Phi) is 4.69. The summed E-state index contributed by atoms with van der Waals surface area (Å²) in [6.07, 6.45) is 1.17. The van der Waals surface area contributed by atoms with Crippen LogP contribution < -0.4 is 11.1 Å². The highest BCUT2D eigenvalue weighted by Crippen LogP contribution is 2.03. The van der Waals surface area contributed by atoms with E-state index in [-0.39, 0.29) is 5.54 Å². The monoisotopic (exact) mass is 158 g/mol. The first-order valence-corrected chi connectivity index (χ1v) is 4.44. The molecular weight excluding hydrogens is 136 g/mol. The summed E-state index contributed by atoms with van der Waals surface area (Å²) in [5.74, 6) is 0.634. The van der Waals surface area contributed by atoms with Gasteiger partial charge in [0.05, 0.1) is 0 Å². The van der Waals surface area contributed by atoms with Crippen molar-refractivity contribution in [1.82, 2.24) is 5.32 Å². The Hall–Kier alpha value is -0.0800. The molecular formula is C9H22N2. The fourth-order valence-corrected chi connectivity index (χ4v) is 0.845. The molecule has 0 saturated carbocycles. The largest absolute Gasteiger partial charge is 0.330 e. The van der Waals surface area contributed by atoms with Gasteiger partial charge in [0.15, 0.2) is 0 Å². The van der Waals surface area contributed by atoms with Crippen molar-refractivity contribution < 1.29 is 0 Å². The van der Waals surface area contributed by atoms with Crippen molar-refractivity contribution in [2.45, 2.75) is 39.7 Å². The van der Waals surface area contributed by atoms with Crippen LogP contribution in [0.4, 0.5) is 0 Å². The zero-order valence-electron chi connectivity index (χ0n) is 8.28. The molecule has 1 unspecified atom stereocenters. The van der Waals surface area contributed by atoms with E-state index in [1.54, 1.807) is 0 Å². The summed E-state index contributed by atoms with van der Waals surface area (Å²) in [7, 11) is 0. The van der Waals surface area contributed by atoms with Crippen LogP contribution in [0.5, 0.6) is 0 Å². The molecule has 0 heterocycles. The molecule has 0 rings (SSSR count). The molecule has 2 nitrogen and oxygen atoms in total. The van der Waals surface area contributed by atoms with Gasteiger partial charge in [0.1, 0.15) is 0 Å². The maximum absolute atomic E-state index is 5.57. The topological polar surface area (TPSA) is 38.0 Å². The summed E-state index contributed by atoms with van der Waals surface area (Å²) in [5.41, 5.74) is 5.80. The van der Waals surface area contributed by atoms with E-state index in [1.807, 2.05) is 0 Å². The van der Waals surface area contributed by atoms with Crippen LogP contribution in [-0.4, -0.2) is 18.6 Å². The Morgan fingerprint density at radius 3 is 2.18 bits per heavy atom. The summed E-state index contributed by atoms with van der Waals surface area (Å²) in [6.45, 7) is 10.5. The highest BCUT2D eigenvalue weighted by Gasteiger charge is 2.11. The molecule has 1 atom stereocenters. The fraction of sp³-hybridized carbons (Fsp3) is 1.00. The molecule has 0 amide bonds. The molecule has 0 aromatic heterocycles. The molecule has 0 aliphatic rings. The second kappa shape index (κ2) is 4.73. The molecule has 0 saturated heterocycles. The highest BCUT2D eigenvalue weighted by molar-refractivity contribution is 4.72. The molecule has 3 N–H and O–H groups in total. The lowest BCUT2D eigenvalue weighted by molar-refractivity contribution is 0.368. The average Bonchev–Trinajstić information content (AvgIpc) is 1.88. The van der Waals surface area contributed by atoms with Crippen LogP contribution in [0.15, 0.2) is 0 Å². The third-order valence-corrected chi connectivity index (χ3v) is 1.83. The van der Waals surface area contributed by atoms with Crippen molar-refractivity contribution in [3.63, 3.8) is 0 Å². The summed E-state index contributed by atoms with van der Waals surface area (Å²) < 4.78 is 0. The van der Waals surface area contributed by atoms with Crippen molar-refractivity contribution >= 4 is 0 Å². The number of nitrogens with two attached hydrogens (primary N) is 1. The summed E-state index contributed by atoms with van der Waals surface area (Å²) in [5, 5.41) is 3.44. The van der Waals surface area contributed by atoms with Crippen molar-refractivity contribution in [2.75, 3.05) is 13.1 Å². The molecule has 68 valence electrons. The van der Waals surface area contributed by atoms with Crippen LogP contribution in [0, 0.1) is 5.92 Å². The molecule has 0 radical (unpaired) electrons. The minimum Gasteiger partial charge on any atom is -0.330 e. The second-order valence-electron chi connectivity index (χ2n) is 4.14. The van der Waals surface area contributed by atoms with E-state index < -0.39 is 0 Å². The van der Waals surface area contributed by atoms with Gasteiger partial charge in [-0.05, 0) is 39.8 Å². The summed E-state index contributed by atoms with van der Waals surface area (Å²) in [4.78, 5) is 0. The van der Waals surface area contributed by atoms with E-state index in [1.165, 1.54) is 6.42 Å². The summed E-state index contributed by atoms with van der Waals surface area (Å²) in [6, 6.07) is 0. The van der Waals surface area contributed by atoms with Gasteiger partial charge in [-0.25, -0.2) is 0 Å². The van der Waals surface area contributed by atoms with E-state index in [0.29, 0.717) is 5.92 Å². The molecule has 0 aliphatic carbocycles. The Balaban J connectivity index is 3.51. The Morgan fingerprint density at radius 1 is 1.36 bits per heavy atom. The molecule has 0 aromatic rings. The van der Waals surface area contributed by atoms with Crippen LogP contribution in [0.25, 0.3) is 0 Å². The number of rotatable bonds is 4. The Labute approximate surface area is 70.5 Å². The maximum atomic E-state index is 5.57. The minimum absolute atomic E-state index is 0.225. The van der Waals surface area contributed by atoms with Gasteiger partial charge in [-0.2, -0.15) is 0 Å². The fourth-order valence-electron chi connectivity index (χ4n) is 0.845. The smallest absolute Gasteiger partial charge is 0.00966 e. The van der Waals surface area contributed by atoms with Gasteiger partial charge in [-0.15, -0.1) is 0 Å². The van der Waals surface area contributed by atoms with Crippen molar-refractivity contribution in [1.29, 1.82) is 0 Å². The first-order chi connectivity index (χ1) is 4.99. The van der Waals surface area contributed by atoms with Gasteiger partial charge in [0.2, 0.25) is 0 Å². The maximum Gasteiger partial charge on any atom is 0.00966 e. The SMILES string of the molecule is CCC(CN)CNC(C)(C)C. The molecule has 0 aliphatic heterocycles. The van der Waals surface area contributed by atoms with Crippen LogP contribution in [-0.2, 0) is 0 Å². The molecule has 2 heteroatoms. The van der Waals surface area contributed by atoms with E-state index in [2.05, 4.69) is 33.0 Å². The third kappa shape index (κ3) is 6.32. The zero-order chi connectivity index (χ0) is 8.91. The van der Waals surface area contributed by atoms with E-state index in [4.69, 9.17) is 5.73 Å². The predicted molar refractivity (Wildman–Crippen MR) is 50.6 cm³/mol.